The number of anilines is 4. The number of hydrogen-bond acceptors (Lipinski definition) is 4. The smallest absolute Gasteiger partial charge is 0.271 e. The molecule has 5 N–H and O–H groups in total. The van der Waals surface area contributed by atoms with E-state index in [-0.39, 0.29) is 5.56 Å². The average molecular weight is 346 g/mol. The highest BCUT2D eigenvalue weighted by Crippen LogP contribution is 2.39. The fraction of sp³-hybridized carbons (Fsp3) is 0.158. The molecule has 0 radical (unpaired) electrons. The van der Waals surface area contributed by atoms with Gasteiger partial charge in [0.25, 0.3) is 5.56 Å². The molecule has 26 heavy (non-hydrogen) atoms. The Labute approximate surface area is 148 Å². The summed E-state index contributed by atoms with van der Waals surface area (Å²) in [7, 11) is 0. The van der Waals surface area contributed by atoms with Crippen LogP contribution in [0.1, 0.15) is 24.5 Å². The van der Waals surface area contributed by atoms with E-state index in [1.165, 1.54) is 18.5 Å². The summed E-state index contributed by atoms with van der Waals surface area (Å²) in [4.78, 5) is 11.6. The third-order valence-corrected chi connectivity index (χ3v) is 4.61. The topological polar surface area (TPSA) is 101 Å². The lowest BCUT2D eigenvalue weighted by atomic mass is 10.2. The van der Waals surface area contributed by atoms with E-state index in [1.807, 2.05) is 36.4 Å². The van der Waals surface area contributed by atoms with E-state index >= 15 is 0 Å². The molecule has 130 valence electrons. The van der Waals surface area contributed by atoms with Gasteiger partial charge in [-0.3, -0.25) is 20.1 Å². The molecule has 0 amide bonds. The lowest BCUT2D eigenvalue weighted by molar-refractivity contribution is 0.967. The molecule has 5 rings (SSSR count). The highest BCUT2D eigenvalue weighted by molar-refractivity contribution is 5.82. The van der Waals surface area contributed by atoms with Crippen LogP contribution in [0.2, 0.25) is 0 Å². The summed E-state index contributed by atoms with van der Waals surface area (Å²) in [5.74, 6) is 1.48. The number of rotatable bonds is 5. The predicted octanol–water partition coefficient (Wildman–Crippen LogP) is 3.94. The molecule has 1 aliphatic rings. The Morgan fingerprint density at radius 3 is 2.58 bits per heavy atom. The van der Waals surface area contributed by atoms with Crippen LogP contribution in [0, 0.1) is 0 Å². The molecule has 0 unspecified atom stereocenters. The summed E-state index contributed by atoms with van der Waals surface area (Å²) in [5.41, 5.74) is 4.68. The second kappa shape index (κ2) is 5.80. The maximum absolute atomic E-state index is 11.6. The van der Waals surface area contributed by atoms with E-state index < -0.39 is 0 Å². The van der Waals surface area contributed by atoms with Crippen LogP contribution >= 0.6 is 0 Å². The SMILES string of the molecule is O=c1[nH][nH]c2cc(Nc3cccc(Nc4cc(C5CC5)[nH]n4)c3)ccc12. The van der Waals surface area contributed by atoms with Gasteiger partial charge in [-0.15, -0.1) is 0 Å². The lowest BCUT2D eigenvalue weighted by Gasteiger charge is -2.09. The molecule has 1 aliphatic carbocycles. The number of H-pyrrole nitrogens is 3. The fourth-order valence-corrected chi connectivity index (χ4v) is 3.11. The van der Waals surface area contributed by atoms with E-state index in [0.29, 0.717) is 11.3 Å². The third kappa shape index (κ3) is 2.83. The monoisotopic (exact) mass is 346 g/mol. The molecule has 7 heteroatoms. The van der Waals surface area contributed by atoms with Crippen LogP contribution in [0.15, 0.2) is 53.3 Å². The van der Waals surface area contributed by atoms with Crippen LogP contribution < -0.4 is 16.2 Å². The van der Waals surface area contributed by atoms with Gasteiger partial charge < -0.3 is 10.6 Å². The summed E-state index contributed by atoms with van der Waals surface area (Å²) >= 11 is 0. The van der Waals surface area contributed by atoms with Crippen LogP contribution in [-0.2, 0) is 0 Å². The minimum absolute atomic E-state index is 0.109. The van der Waals surface area contributed by atoms with Crippen molar-refractivity contribution < 1.29 is 0 Å². The molecule has 2 heterocycles. The van der Waals surface area contributed by atoms with Crippen LogP contribution in [0.4, 0.5) is 22.9 Å². The van der Waals surface area contributed by atoms with E-state index in [2.05, 4.69) is 37.1 Å². The maximum atomic E-state index is 11.6. The van der Waals surface area contributed by atoms with E-state index in [9.17, 15) is 4.79 Å². The third-order valence-electron chi connectivity index (χ3n) is 4.61. The Morgan fingerprint density at radius 2 is 1.73 bits per heavy atom. The van der Waals surface area contributed by atoms with Crippen LogP contribution in [-0.4, -0.2) is 20.4 Å². The minimum atomic E-state index is -0.109. The van der Waals surface area contributed by atoms with Crippen molar-refractivity contribution in [1.29, 1.82) is 0 Å². The van der Waals surface area contributed by atoms with Crippen molar-refractivity contribution in [2.75, 3.05) is 10.6 Å². The summed E-state index contributed by atoms with van der Waals surface area (Å²) in [6.45, 7) is 0. The molecular formula is C19H18N6O. The van der Waals surface area contributed by atoms with Crippen LogP contribution in [0.25, 0.3) is 10.9 Å². The van der Waals surface area contributed by atoms with E-state index in [4.69, 9.17) is 0 Å². The normalized spacial score (nSPS) is 13.8. The van der Waals surface area contributed by atoms with Crippen molar-refractivity contribution in [3.05, 3.63) is 64.6 Å². The standard InChI is InChI=1S/C19H18N6O/c26-19-15-7-6-14(9-17(15)23-25-19)20-12-2-1-3-13(8-12)21-18-10-16(22-24-18)11-4-5-11/h1-3,6-11,20H,4-5H2,(H2,21,22,24)(H2,23,25,26). The lowest BCUT2D eigenvalue weighted by Crippen LogP contribution is -1.97. The molecule has 2 aromatic carbocycles. The second-order valence-electron chi connectivity index (χ2n) is 6.65. The Balaban J connectivity index is 1.35. The minimum Gasteiger partial charge on any atom is -0.355 e. The van der Waals surface area contributed by atoms with Crippen molar-refractivity contribution in [3.63, 3.8) is 0 Å². The van der Waals surface area contributed by atoms with E-state index in [0.717, 1.165) is 28.4 Å². The van der Waals surface area contributed by atoms with Gasteiger partial charge >= 0.3 is 0 Å². The average Bonchev–Trinajstić information content (AvgIpc) is 3.29. The first-order valence-electron chi connectivity index (χ1n) is 8.64. The van der Waals surface area contributed by atoms with Crippen LogP contribution in [0.3, 0.4) is 0 Å². The van der Waals surface area contributed by atoms with Crippen molar-refractivity contribution in [2.45, 2.75) is 18.8 Å². The number of aromatic nitrogens is 4. The summed E-state index contributed by atoms with van der Waals surface area (Å²) in [6.07, 6.45) is 2.50. The molecule has 0 atom stereocenters. The molecule has 1 saturated carbocycles. The number of nitrogens with zero attached hydrogens (tertiary/aromatic N) is 1. The Hall–Kier alpha value is -3.48. The summed E-state index contributed by atoms with van der Waals surface area (Å²) < 4.78 is 0. The van der Waals surface area contributed by atoms with Gasteiger partial charge in [0.1, 0.15) is 0 Å². The van der Waals surface area contributed by atoms with Gasteiger partial charge in [-0.25, -0.2) is 0 Å². The molecule has 0 saturated heterocycles. The summed E-state index contributed by atoms with van der Waals surface area (Å²) in [6, 6.07) is 15.7. The second-order valence-corrected chi connectivity index (χ2v) is 6.65. The zero-order valence-electron chi connectivity index (χ0n) is 14.0. The molecule has 0 bridgehead atoms. The zero-order valence-corrected chi connectivity index (χ0v) is 14.0. The maximum Gasteiger partial charge on any atom is 0.271 e. The van der Waals surface area contributed by atoms with Gasteiger partial charge in [-0.1, -0.05) is 6.07 Å². The highest BCUT2D eigenvalue weighted by atomic mass is 16.1. The molecule has 0 spiro atoms. The Kier molecular flexibility index (Phi) is 3.31. The molecule has 1 fully saturated rings. The number of benzene rings is 2. The van der Waals surface area contributed by atoms with Gasteiger partial charge in [0.2, 0.25) is 0 Å². The molecule has 7 nitrogen and oxygen atoms in total. The number of hydrogen-bond donors (Lipinski definition) is 5. The molecule has 2 aromatic heterocycles. The summed E-state index contributed by atoms with van der Waals surface area (Å²) in [5, 5.41) is 20.2. The first kappa shape index (κ1) is 14.8. The molecule has 4 aromatic rings. The first-order chi connectivity index (χ1) is 12.7. The van der Waals surface area contributed by atoms with Crippen molar-refractivity contribution in [2.24, 2.45) is 0 Å². The van der Waals surface area contributed by atoms with Crippen molar-refractivity contribution in [3.8, 4) is 0 Å². The Bertz CT molecular complexity index is 1130. The van der Waals surface area contributed by atoms with Crippen molar-refractivity contribution in [1.82, 2.24) is 20.4 Å². The first-order valence-corrected chi connectivity index (χ1v) is 8.64. The van der Waals surface area contributed by atoms with Gasteiger partial charge in [-0.2, -0.15) is 5.10 Å². The molecule has 0 aliphatic heterocycles. The quantitative estimate of drug-likeness (QED) is 0.378. The van der Waals surface area contributed by atoms with Gasteiger partial charge in [0.05, 0.1) is 10.9 Å². The van der Waals surface area contributed by atoms with Gasteiger partial charge in [-0.05, 0) is 49.2 Å². The zero-order chi connectivity index (χ0) is 17.5. The Morgan fingerprint density at radius 1 is 0.923 bits per heavy atom. The highest BCUT2D eigenvalue weighted by Gasteiger charge is 2.25. The number of fused-ring (bicyclic) bond motifs is 1. The fourth-order valence-electron chi connectivity index (χ4n) is 3.11. The largest absolute Gasteiger partial charge is 0.355 e. The number of aromatic amines is 3. The predicted molar refractivity (Wildman–Crippen MR) is 102 cm³/mol. The number of nitrogens with one attached hydrogen (secondary N) is 5. The van der Waals surface area contributed by atoms with Crippen LogP contribution in [0.5, 0.6) is 0 Å². The van der Waals surface area contributed by atoms with E-state index in [1.54, 1.807) is 6.07 Å². The van der Waals surface area contributed by atoms with Gasteiger partial charge in [0.15, 0.2) is 5.82 Å². The van der Waals surface area contributed by atoms with Crippen molar-refractivity contribution >= 4 is 33.8 Å². The molecular weight excluding hydrogens is 328 g/mol. The van der Waals surface area contributed by atoms with Gasteiger partial charge in [0, 0.05) is 34.7 Å².